The summed E-state index contributed by atoms with van der Waals surface area (Å²) in [5.74, 6) is -1.73. The number of hydrogen-bond acceptors (Lipinski definition) is 9. The zero-order valence-corrected chi connectivity index (χ0v) is 22.5. The summed E-state index contributed by atoms with van der Waals surface area (Å²) < 4.78 is 0. The van der Waals surface area contributed by atoms with Gasteiger partial charge in [-0.15, -0.1) is 0 Å². The molecule has 0 radical (unpaired) electrons. The van der Waals surface area contributed by atoms with E-state index >= 15 is 0 Å². The number of rotatable bonds is 4. The predicted octanol–water partition coefficient (Wildman–Crippen LogP) is 6.25. The van der Waals surface area contributed by atoms with Crippen LogP contribution in [0.3, 0.4) is 0 Å². The summed E-state index contributed by atoms with van der Waals surface area (Å²) in [5.41, 5.74) is 2.14. The van der Waals surface area contributed by atoms with Crippen LogP contribution in [-0.2, 0) is 16.5 Å². The number of halogens is 2. The van der Waals surface area contributed by atoms with E-state index in [1.807, 2.05) is 30.3 Å². The predicted molar refractivity (Wildman–Crippen MR) is 136 cm³/mol. The number of nitrogens with zero attached hydrogens (tertiary/aromatic N) is 1. The molecule has 0 aliphatic rings. The Kier molecular flexibility index (Phi) is 12.0. The Morgan fingerprint density at radius 3 is 1.94 bits per heavy atom. The van der Waals surface area contributed by atoms with Crippen molar-refractivity contribution < 1.29 is 41.7 Å². The van der Waals surface area contributed by atoms with Crippen LogP contribution in [0.1, 0.15) is 10.4 Å². The van der Waals surface area contributed by atoms with E-state index in [0.29, 0.717) is 16.4 Å². The second kappa shape index (κ2) is 13.9. The van der Waals surface area contributed by atoms with Gasteiger partial charge in [0.1, 0.15) is 0 Å². The molecule has 1 aromatic heterocycles. The van der Waals surface area contributed by atoms with Gasteiger partial charge < -0.3 is 32.7 Å². The summed E-state index contributed by atoms with van der Waals surface area (Å²) in [5, 5.41) is 41.5. The van der Waals surface area contributed by atoms with Crippen LogP contribution in [0.5, 0.6) is 23.0 Å². The molecule has 4 aromatic rings. The molecule has 1 amide bonds. The van der Waals surface area contributed by atoms with Crippen molar-refractivity contribution in [3.8, 4) is 44.7 Å². The van der Waals surface area contributed by atoms with Gasteiger partial charge in [0, 0.05) is 11.1 Å². The monoisotopic (exact) mass is 719 g/mol. The van der Waals surface area contributed by atoms with E-state index in [4.69, 9.17) is 18.8 Å². The number of hydrogen-bond donors (Lipinski definition) is 7. The molecule has 13 heteroatoms. The molecule has 4 rings (SSSR count). The Morgan fingerprint density at radius 1 is 0.800 bits per heavy atom. The number of phenolic OH excluding ortho intramolecular Hbond substituents is 4. The Labute approximate surface area is 221 Å². The number of carbonyl (C=O) groups is 1. The molecule has 190 valence electrons. The van der Waals surface area contributed by atoms with Crippen LogP contribution in [0, 0.1) is 0 Å². The molecule has 0 aliphatic carbocycles. The van der Waals surface area contributed by atoms with Crippen LogP contribution in [0.2, 0.25) is 0 Å². The van der Waals surface area contributed by atoms with Gasteiger partial charge >= 0.3 is 35.3 Å². The molecule has 0 bridgehead atoms. The number of aromatic hydroxyl groups is 4. The Balaban J connectivity index is 0.00000117. The average Bonchev–Trinajstić information content (AvgIpc) is 3.22. The molecular weight excluding hydrogens is 698 g/mol. The number of benzene rings is 3. The zero-order chi connectivity index (χ0) is 24.0. The Hall–Kier alpha value is -2.85. The minimum absolute atomic E-state index is 0. The maximum absolute atomic E-state index is 12.6. The fraction of sp³-hybridized carbons (Fsp3) is 0. The van der Waals surface area contributed by atoms with Gasteiger partial charge in [0.25, 0.3) is 5.91 Å². The van der Waals surface area contributed by atoms with E-state index in [2.05, 4.69) is 10.3 Å². The number of phenols is 4. The molecule has 0 spiro atoms. The summed E-state index contributed by atoms with van der Waals surface area (Å²) in [4.78, 5) is 17.8. The zero-order valence-electron chi connectivity index (χ0n) is 17.9. The third kappa shape index (κ3) is 7.56. The van der Waals surface area contributed by atoms with Crippen molar-refractivity contribution in [3.63, 3.8) is 0 Å². The SMILES string of the molecule is N.N.O=C(Nc1nc(-c2ccc(O)c(O)c2)c(-c2ccccc2)s1)c1ccc(O)c(O)c1.[Cl][Pt][Cl]. The van der Waals surface area contributed by atoms with Crippen molar-refractivity contribution in [1.82, 2.24) is 17.3 Å². The summed E-state index contributed by atoms with van der Waals surface area (Å²) in [6.07, 6.45) is 0. The van der Waals surface area contributed by atoms with Crippen molar-refractivity contribution in [2.24, 2.45) is 0 Å². The first kappa shape index (κ1) is 30.2. The van der Waals surface area contributed by atoms with Gasteiger partial charge in [-0.05, 0) is 42.0 Å². The second-order valence-corrected chi connectivity index (χ2v) is 10.8. The molecule has 11 N–H and O–H groups in total. The standard InChI is InChI=1S/C22H16N2O5S.2ClH.2H3N.Pt/c25-15-8-6-13(10-17(15)27)19-20(12-4-2-1-3-5-12)30-22(23-19)24-21(29)14-7-9-16(26)18(28)11-14;;;;;/h1-11,25-28H,(H,23,24,29);2*1H;2*1H3;/q;;;;;+2/p-2. The Bertz CT molecular complexity index is 1280. The molecule has 0 unspecified atom stereocenters. The molecule has 0 atom stereocenters. The Morgan fingerprint density at radius 2 is 1.37 bits per heavy atom. The third-order valence-electron chi connectivity index (χ3n) is 4.37. The van der Waals surface area contributed by atoms with Crippen molar-refractivity contribution in [2.45, 2.75) is 0 Å². The third-order valence-corrected chi connectivity index (χ3v) is 5.39. The number of amides is 1. The number of carbonyl (C=O) groups excluding carboxylic acids is 1. The molecule has 3 aromatic carbocycles. The fourth-order valence-corrected chi connectivity index (χ4v) is 3.85. The number of anilines is 1. The van der Waals surface area contributed by atoms with E-state index in [-0.39, 0.29) is 35.1 Å². The first-order valence-electron chi connectivity index (χ1n) is 9.08. The number of aromatic nitrogens is 1. The van der Waals surface area contributed by atoms with Crippen molar-refractivity contribution >= 4 is 41.2 Å². The second-order valence-electron chi connectivity index (χ2n) is 6.47. The van der Waals surface area contributed by atoms with Crippen LogP contribution >= 0.6 is 30.2 Å². The van der Waals surface area contributed by atoms with E-state index in [9.17, 15) is 25.2 Å². The number of thiazole rings is 1. The van der Waals surface area contributed by atoms with Gasteiger partial charge in [0.05, 0.1) is 10.6 Å². The first-order chi connectivity index (χ1) is 15.8. The fourth-order valence-electron chi connectivity index (χ4n) is 2.86. The molecule has 0 aliphatic heterocycles. The minimum atomic E-state index is -0.501. The molecule has 9 nitrogen and oxygen atoms in total. The first-order valence-corrected chi connectivity index (χ1v) is 15.5. The van der Waals surface area contributed by atoms with Gasteiger partial charge in [0.2, 0.25) is 0 Å². The van der Waals surface area contributed by atoms with E-state index in [1.54, 1.807) is 6.07 Å². The van der Waals surface area contributed by atoms with Crippen LogP contribution in [0.4, 0.5) is 5.13 Å². The van der Waals surface area contributed by atoms with Crippen molar-refractivity contribution in [1.29, 1.82) is 0 Å². The normalized spacial score (nSPS) is 9.77. The quantitative estimate of drug-likeness (QED) is 0.120. The van der Waals surface area contributed by atoms with Crippen molar-refractivity contribution in [2.75, 3.05) is 5.32 Å². The van der Waals surface area contributed by atoms with Crippen LogP contribution in [-0.4, -0.2) is 31.3 Å². The maximum atomic E-state index is 12.6. The number of nitrogens with one attached hydrogen (secondary N) is 1. The molecule has 35 heavy (non-hydrogen) atoms. The van der Waals surface area contributed by atoms with E-state index in [1.165, 1.54) is 35.6 Å². The van der Waals surface area contributed by atoms with Crippen molar-refractivity contribution in [3.05, 3.63) is 72.3 Å². The summed E-state index contributed by atoms with van der Waals surface area (Å²) in [6.45, 7) is 0. The molecule has 0 saturated heterocycles. The summed E-state index contributed by atoms with van der Waals surface area (Å²) >= 11 is 0.777. The molecule has 1 heterocycles. The average molecular weight is 720 g/mol. The van der Waals surface area contributed by atoms with Gasteiger partial charge in [0.15, 0.2) is 28.1 Å². The molecule has 0 fully saturated rings. The topological polar surface area (TPSA) is 193 Å². The van der Waals surface area contributed by atoms with Gasteiger partial charge in [-0.3, -0.25) is 10.1 Å². The summed E-state index contributed by atoms with van der Waals surface area (Å²) in [7, 11) is 9.75. The van der Waals surface area contributed by atoms with E-state index in [0.717, 1.165) is 16.5 Å². The van der Waals surface area contributed by atoms with Gasteiger partial charge in [-0.25, -0.2) is 4.98 Å². The molecule has 0 saturated carbocycles. The van der Waals surface area contributed by atoms with Crippen LogP contribution in [0.25, 0.3) is 21.7 Å². The van der Waals surface area contributed by atoms with E-state index < -0.39 is 28.1 Å². The molecular formula is C22H22Cl2N4O5PtS. The van der Waals surface area contributed by atoms with Crippen LogP contribution in [0.15, 0.2) is 66.7 Å². The summed E-state index contributed by atoms with van der Waals surface area (Å²) in [6, 6.07) is 17.6. The van der Waals surface area contributed by atoms with Crippen LogP contribution < -0.4 is 17.6 Å². The van der Waals surface area contributed by atoms with Gasteiger partial charge in [-0.1, -0.05) is 41.7 Å². The van der Waals surface area contributed by atoms with Gasteiger partial charge in [-0.2, -0.15) is 0 Å².